The van der Waals surface area contributed by atoms with Gasteiger partial charge in [-0.1, -0.05) is 6.07 Å². The molecule has 2 heterocycles. The Balaban J connectivity index is 1.60. The Morgan fingerprint density at radius 2 is 2.10 bits per heavy atom. The Hall–Kier alpha value is -1.85. The third-order valence-corrected chi connectivity index (χ3v) is 3.89. The van der Waals surface area contributed by atoms with Crippen molar-refractivity contribution < 1.29 is 19.1 Å². The minimum absolute atomic E-state index is 0.0164. The van der Waals surface area contributed by atoms with E-state index < -0.39 is 5.97 Å². The van der Waals surface area contributed by atoms with Gasteiger partial charge in [0.15, 0.2) is 0 Å². The molecular weight excluding hydrogens is 270 g/mol. The van der Waals surface area contributed by atoms with Gasteiger partial charge in [0.05, 0.1) is 0 Å². The molecule has 0 unspecified atom stereocenters. The summed E-state index contributed by atoms with van der Waals surface area (Å²) in [6.07, 6.45) is 2.24. The molecule has 21 heavy (non-hydrogen) atoms. The van der Waals surface area contributed by atoms with E-state index >= 15 is 0 Å². The molecule has 1 saturated heterocycles. The molecule has 1 aromatic carbocycles. The van der Waals surface area contributed by atoms with Gasteiger partial charge in [-0.05, 0) is 49.1 Å². The number of rotatable bonds is 5. The molecule has 5 nitrogen and oxygen atoms in total. The number of carboxylic acid groups (broad SMARTS) is 1. The zero-order valence-electron chi connectivity index (χ0n) is 11.8. The lowest BCUT2D eigenvalue weighted by molar-refractivity contribution is 0.0660. The van der Waals surface area contributed by atoms with Gasteiger partial charge >= 0.3 is 5.97 Å². The maximum Gasteiger partial charge on any atom is 0.371 e. The van der Waals surface area contributed by atoms with Gasteiger partial charge in [-0.3, -0.25) is 0 Å². The number of hydrogen-bond donors (Lipinski definition) is 2. The summed E-state index contributed by atoms with van der Waals surface area (Å²) in [4.78, 5) is 10.9. The minimum atomic E-state index is -1.04. The van der Waals surface area contributed by atoms with E-state index in [1.807, 2.05) is 18.2 Å². The van der Waals surface area contributed by atoms with Gasteiger partial charge in [0, 0.05) is 25.1 Å². The first-order chi connectivity index (χ1) is 10.2. The molecule has 0 amide bonds. The van der Waals surface area contributed by atoms with Gasteiger partial charge in [-0.15, -0.1) is 0 Å². The molecule has 0 aliphatic carbocycles. The topological polar surface area (TPSA) is 71.7 Å². The number of hydrogen-bond acceptors (Lipinski definition) is 4. The number of ether oxygens (including phenoxy) is 1. The molecule has 1 aliphatic rings. The molecule has 0 atom stereocenters. The first-order valence-corrected chi connectivity index (χ1v) is 7.26. The average molecular weight is 289 g/mol. The van der Waals surface area contributed by atoms with E-state index in [9.17, 15) is 4.79 Å². The molecule has 1 fully saturated rings. The number of aromatic carboxylic acids is 1. The van der Waals surface area contributed by atoms with Crippen LogP contribution >= 0.6 is 0 Å². The molecule has 0 spiro atoms. The number of nitrogens with one attached hydrogen (secondary N) is 1. The average Bonchev–Trinajstić information content (AvgIpc) is 2.92. The highest BCUT2D eigenvalue weighted by molar-refractivity contribution is 5.91. The van der Waals surface area contributed by atoms with Crippen LogP contribution in [0.5, 0.6) is 0 Å². The Labute approximate surface area is 122 Å². The minimum Gasteiger partial charge on any atom is -0.475 e. The van der Waals surface area contributed by atoms with Gasteiger partial charge < -0.3 is 19.6 Å². The zero-order valence-corrected chi connectivity index (χ0v) is 11.8. The molecular formula is C16H19NO4. The summed E-state index contributed by atoms with van der Waals surface area (Å²) in [5.41, 5.74) is 1.74. The summed E-state index contributed by atoms with van der Waals surface area (Å²) in [6, 6.07) is 7.34. The summed E-state index contributed by atoms with van der Waals surface area (Å²) in [5, 5.41) is 13.2. The number of benzene rings is 1. The molecule has 1 aliphatic heterocycles. The van der Waals surface area contributed by atoms with E-state index in [-0.39, 0.29) is 5.76 Å². The van der Waals surface area contributed by atoms with Gasteiger partial charge in [0.1, 0.15) is 5.58 Å². The second-order valence-electron chi connectivity index (χ2n) is 5.47. The zero-order chi connectivity index (χ0) is 14.7. The van der Waals surface area contributed by atoms with Crippen LogP contribution in [0.1, 0.15) is 29.0 Å². The normalized spacial score (nSPS) is 16.4. The van der Waals surface area contributed by atoms with Crippen LogP contribution < -0.4 is 5.32 Å². The van der Waals surface area contributed by atoms with E-state index in [1.54, 1.807) is 6.07 Å². The standard InChI is InChI=1S/C16H19NO4/c18-16(19)15-8-13-7-12(1-2-14(13)21-15)10-17-9-11-3-5-20-6-4-11/h1-2,7-8,11,17H,3-6,9-10H2,(H,18,19). The van der Waals surface area contributed by atoms with Crippen LogP contribution in [-0.4, -0.2) is 30.8 Å². The van der Waals surface area contributed by atoms with Crippen LogP contribution in [0.15, 0.2) is 28.7 Å². The van der Waals surface area contributed by atoms with Crippen LogP contribution in [-0.2, 0) is 11.3 Å². The second kappa shape index (κ2) is 6.28. The van der Waals surface area contributed by atoms with Crippen molar-refractivity contribution in [2.45, 2.75) is 19.4 Å². The summed E-state index contributed by atoms with van der Waals surface area (Å²) < 4.78 is 10.6. The van der Waals surface area contributed by atoms with Crippen LogP contribution in [0.2, 0.25) is 0 Å². The maximum absolute atomic E-state index is 10.9. The predicted molar refractivity (Wildman–Crippen MR) is 78.4 cm³/mol. The fourth-order valence-electron chi connectivity index (χ4n) is 2.68. The Morgan fingerprint density at radius 3 is 2.86 bits per heavy atom. The maximum atomic E-state index is 10.9. The van der Waals surface area contributed by atoms with Crippen molar-refractivity contribution >= 4 is 16.9 Å². The number of furan rings is 1. The van der Waals surface area contributed by atoms with Crippen molar-refractivity contribution in [3.8, 4) is 0 Å². The van der Waals surface area contributed by atoms with Crippen LogP contribution in [0.4, 0.5) is 0 Å². The SMILES string of the molecule is O=C(O)c1cc2cc(CNCC3CCOCC3)ccc2o1. The van der Waals surface area contributed by atoms with E-state index in [1.165, 1.54) is 0 Å². The smallest absolute Gasteiger partial charge is 0.371 e. The van der Waals surface area contributed by atoms with Gasteiger partial charge in [-0.2, -0.15) is 0 Å². The van der Waals surface area contributed by atoms with Gasteiger partial charge in [0.25, 0.3) is 0 Å². The summed E-state index contributed by atoms with van der Waals surface area (Å²) >= 11 is 0. The first kappa shape index (κ1) is 14.1. The summed E-state index contributed by atoms with van der Waals surface area (Å²) in [5.74, 6) is -0.363. The highest BCUT2D eigenvalue weighted by Crippen LogP contribution is 2.21. The van der Waals surface area contributed by atoms with E-state index in [4.69, 9.17) is 14.3 Å². The molecule has 1 aromatic heterocycles. The summed E-state index contributed by atoms with van der Waals surface area (Å²) in [6.45, 7) is 3.50. The van der Waals surface area contributed by atoms with Crippen molar-refractivity contribution in [3.05, 3.63) is 35.6 Å². The van der Waals surface area contributed by atoms with Crippen molar-refractivity contribution in [2.75, 3.05) is 19.8 Å². The third-order valence-electron chi connectivity index (χ3n) is 3.89. The van der Waals surface area contributed by atoms with E-state index in [0.29, 0.717) is 11.5 Å². The molecule has 0 saturated carbocycles. The van der Waals surface area contributed by atoms with Crippen LogP contribution in [0, 0.1) is 5.92 Å². The lowest BCUT2D eigenvalue weighted by Gasteiger charge is -2.22. The molecule has 3 rings (SSSR count). The largest absolute Gasteiger partial charge is 0.475 e. The van der Waals surface area contributed by atoms with E-state index in [2.05, 4.69) is 5.32 Å². The Morgan fingerprint density at radius 1 is 1.29 bits per heavy atom. The van der Waals surface area contributed by atoms with Crippen molar-refractivity contribution in [3.63, 3.8) is 0 Å². The molecule has 2 N–H and O–H groups in total. The number of fused-ring (bicyclic) bond motifs is 1. The fraction of sp³-hybridized carbons (Fsp3) is 0.438. The number of carbonyl (C=O) groups is 1. The third kappa shape index (κ3) is 3.43. The van der Waals surface area contributed by atoms with Crippen molar-refractivity contribution in [1.82, 2.24) is 5.32 Å². The van der Waals surface area contributed by atoms with E-state index in [0.717, 1.165) is 50.1 Å². The van der Waals surface area contributed by atoms with Crippen LogP contribution in [0.25, 0.3) is 11.0 Å². The second-order valence-corrected chi connectivity index (χ2v) is 5.47. The van der Waals surface area contributed by atoms with Gasteiger partial charge in [-0.25, -0.2) is 4.79 Å². The molecule has 5 heteroatoms. The predicted octanol–water partition coefficient (Wildman–Crippen LogP) is 2.65. The first-order valence-electron chi connectivity index (χ1n) is 7.26. The van der Waals surface area contributed by atoms with Crippen molar-refractivity contribution in [2.24, 2.45) is 5.92 Å². The van der Waals surface area contributed by atoms with Crippen LogP contribution in [0.3, 0.4) is 0 Å². The Kier molecular flexibility index (Phi) is 4.22. The molecule has 2 aromatic rings. The highest BCUT2D eigenvalue weighted by atomic mass is 16.5. The molecule has 0 radical (unpaired) electrons. The van der Waals surface area contributed by atoms with Gasteiger partial charge in [0.2, 0.25) is 5.76 Å². The quantitative estimate of drug-likeness (QED) is 0.885. The summed E-state index contributed by atoms with van der Waals surface area (Å²) in [7, 11) is 0. The highest BCUT2D eigenvalue weighted by Gasteiger charge is 2.13. The number of carboxylic acids is 1. The van der Waals surface area contributed by atoms with Crippen molar-refractivity contribution in [1.29, 1.82) is 0 Å². The lowest BCUT2D eigenvalue weighted by atomic mass is 10.0. The monoisotopic (exact) mass is 289 g/mol. The lowest BCUT2D eigenvalue weighted by Crippen LogP contribution is -2.27. The molecule has 112 valence electrons. The Bertz CT molecular complexity index is 628. The molecule has 0 bridgehead atoms. The fourth-order valence-corrected chi connectivity index (χ4v) is 2.68.